The monoisotopic (exact) mass is 219 g/mol. The Bertz CT molecular complexity index is 525. The van der Waals surface area contributed by atoms with Gasteiger partial charge in [-0.3, -0.25) is 9.50 Å². The summed E-state index contributed by atoms with van der Waals surface area (Å²) in [6.45, 7) is 0. The lowest BCUT2D eigenvalue weighted by molar-refractivity contribution is -0.137. The average Bonchev–Trinajstić information content (AvgIpc) is 2.46. The number of fused-ring (bicyclic) bond motifs is 1. The summed E-state index contributed by atoms with van der Waals surface area (Å²) in [4.78, 5) is 0. The molecule has 0 amide bonds. The van der Waals surface area contributed by atoms with Gasteiger partial charge in [-0.15, -0.1) is 0 Å². The lowest BCUT2D eigenvalue weighted by Gasteiger charge is -2.05. The summed E-state index contributed by atoms with van der Waals surface area (Å²) < 4.78 is 38.2. The molecule has 0 aliphatic heterocycles. The van der Waals surface area contributed by atoms with E-state index in [1.54, 1.807) is 0 Å². The quantitative estimate of drug-likeness (QED) is 0.690. The highest BCUT2D eigenvalue weighted by molar-refractivity contribution is 7.71. The van der Waals surface area contributed by atoms with E-state index in [1.807, 2.05) is 0 Å². The number of aromatic amines is 1. The third-order valence-corrected chi connectivity index (χ3v) is 2.03. The van der Waals surface area contributed by atoms with Crippen LogP contribution in [0.3, 0.4) is 0 Å². The second-order valence-electron chi connectivity index (χ2n) is 2.67. The van der Waals surface area contributed by atoms with Gasteiger partial charge in [-0.25, -0.2) is 0 Å². The molecule has 2 rings (SSSR count). The lowest BCUT2D eigenvalue weighted by atomic mass is 10.3. The van der Waals surface area contributed by atoms with E-state index < -0.39 is 11.7 Å². The first-order chi connectivity index (χ1) is 6.48. The van der Waals surface area contributed by atoms with Crippen molar-refractivity contribution < 1.29 is 13.2 Å². The maximum atomic E-state index is 12.3. The van der Waals surface area contributed by atoms with E-state index in [4.69, 9.17) is 12.2 Å². The highest BCUT2D eigenvalue weighted by Crippen LogP contribution is 2.28. The minimum atomic E-state index is -4.36. The van der Waals surface area contributed by atoms with E-state index in [-0.39, 0.29) is 4.77 Å². The molecular formula is C7H4F3N3S. The Labute approximate surface area is 81.2 Å². The van der Waals surface area contributed by atoms with Gasteiger partial charge in [0, 0.05) is 6.20 Å². The highest BCUT2D eigenvalue weighted by Gasteiger charge is 2.30. The fraction of sp³-hybridized carbons (Fsp3) is 0.143. The second kappa shape index (κ2) is 2.81. The van der Waals surface area contributed by atoms with Crippen molar-refractivity contribution in [1.82, 2.24) is 14.6 Å². The van der Waals surface area contributed by atoms with Gasteiger partial charge >= 0.3 is 6.18 Å². The summed E-state index contributed by atoms with van der Waals surface area (Å²) in [5.41, 5.74) is -0.384. The van der Waals surface area contributed by atoms with Crippen molar-refractivity contribution in [3.63, 3.8) is 0 Å². The van der Waals surface area contributed by atoms with E-state index in [0.717, 1.165) is 12.3 Å². The minimum absolute atomic E-state index is 0.145. The third kappa shape index (κ3) is 1.39. The zero-order valence-electron chi connectivity index (χ0n) is 6.67. The number of hydrogen-bond donors (Lipinski definition) is 1. The molecule has 0 bridgehead atoms. The Morgan fingerprint density at radius 1 is 1.36 bits per heavy atom. The maximum Gasteiger partial charge on any atom is 0.417 e. The van der Waals surface area contributed by atoms with Crippen molar-refractivity contribution in [2.24, 2.45) is 0 Å². The van der Waals surface area contributed by atoms with Crippen LogP contribution in [0.4, 0.5) is 13.2 Å². The Morgan fingerprint density at radius 3 is 2.71 bits per heavy atom. The Hall–Kier alpha value is -1.37. The van der Waals surface area contributed by atoms with Crippen LogP contribution in [0.25, 0.3) is 5.65 Å². The van der Waals surface area contributed by atoms with Crippen molar-refractivity contribution >= 4 is 17.9 Å². The Balaban J connectivity index is 2.72. The molecule has 0 aliphatic rings. The Kier molecular flexibility index (Phi) is 1.84. The van der Waals surface area contributed by atoms with Gasteiger partial charge in [0.25, 0.3) is 0 Å². The largest absolute Gasteiger partial charge is 0.417 e. The zero-order chi connectivity index (χ0) is 10.3. The van der Waals surface area contributed by atoms with Gasteiger partial charge in [-0.05, 0) is 24.4 Å². The van der Waals surface area contributed by atoms with Crippen molar-refractivity contribution in [2.75, 3.05) is 0 Å². The molecule has 0 aliphatic carbocycles. The van der Waals surface area contributed by atoms with E-state index in [9.17, 15) is 13.2 Å². The number of nitrogens with zero attached hydrogens (tertiary/aromatic N) is 2. The first-order valence-electron chi connectivity index (χ1n) is 3.62. The summed E-state index contributed by atoms with van der Waals surface area (Å²) >= 11 is 4.75. The summed E-state index contributed by atoms with van der Waals surface area (Å²) in [6.07, 6.45) is -3.44. The number of rotatable bonds is 0. The zero-order valence-corrected chi connectivity index (χ0v) is 7.49. The summed E-state index contributed by atoms with van der Waals surface area (Å²) in [5.74, 6) is 0. The van der Waals surface area contributed by atoms with Gasteiger partial charge in [0.05, 0.1) is 5.56 Å². The van der Waals surface area contributed by atoms with Gasteiger partial charge in [-0.1, -0.05) is 0 Å². The first kappa shape index (κ1) is 9.20. The van der Waals surface area contributed by atoms with Crippen LogP contribution in [0.2, 0.25) is 0 Å². The third-order valence-electron chi connectivity index (χ3n) is 1.74. The number of alkyl halides is 3. The van der Waals surface area contributed by atoms with Crippen molar-refractivity contribution in [3.8, 4) is 0 Å². The van der Waals surface area contributed by atoms with Crippen molar-refractivity contribution in [1.29, 1.82) is 0 Å². The molecule has 74 valence electrons. The molecule has 0 saturated heterocycles. The van der Waals surface area contributed by atoms with E-state index >= 15 is 0 Å². The summed E-state index contributed by atoms with van der Waals surface area (Å²) in [6, 6.07) is 2.22. The number of aromatic nitrogens is 3. The second-order valence-corrected chi connectivity index (χ2v) is 3.06. The van der Waals surface area contributed by atoms with Crippen LogP contribution >= 0.6 is 12.2 Å². The van der Waals surface area contributed by atoms with E-state index in [0.29, 0.717) is 5.65 Å². The fourth-order valence-electron chi connectivity index (χ4n) is 1.07. The summed E-state index contributed by atoms with van der Waals surface area (Å²) in [7, 11) is 0. The maximum absolute atomic E-state index is 12.3. The predicted molar refractivity (Wildman–Crippen MR) is 45.4 cm³/mol. The highest BCUT2D eigenvalue weighted by atomic mass is 32.1. The average molecular weight is 219 g/mol. The molecule has 2 heterocycles. The molecule has 0 saturated carbocycles. The topological polar surface area (TPSA) is 33.1 Å². The van der Waals surface area contributed by atoms with Crippen LogP contribution in [0, 0.1) is 4.77 Å². The van der Waals surface area contributed by atoms with Crippen LogP contribution in [0.15, 0.2) is 18.3 Å². The number of pyridine rings is 1. The van der Waals surface area contributed by atoms with Crippen molar-refractivity contribution in [3.05, 3.63) is 28.7 Å². The van der Waals surface area contributed by atoms with Gasteiger partial charge in [0.2, 0.25) is 0 Å². The molecular weight excluding hydrogens is 215 g/mol. The van der Waals surface area contributed by atoms with Gasteiger partial charge in [0.1, 0.15) is 0 Å². The molecule has 0 atom stereocenters. The van der Waals surface area contributed by atoms with Crippen LogP contribution in [-0.2, 0) is 6.18 Å². The van der Waals surface area contributed by atoms with Gasteiger partial charge in [-0.2, -0.15) is 18.3 Å². The number of hydrogen-bond acceptors (Lipinski definition) is 2. The molecule has 2 aromatic heterocycles. The van der Waals surface area contributed by atoms with Crippen LogP contribution in [0.1, 0.15) is 5.56 Å². The van der Waals surface area contributed by atoms with Crippen molar-refractivity contribution in [2.45, 2.75) is 6.18 Å². The van der Waals surface area contributed by atoms with Gasteiger partial charge < -0.3 is 0 Å². The standard InChI is InChI=1S/C7H4F3N3S/c8-7(9,10)4-1-2-5-11-12-6(14)13(5)3-4/h1-3H,(H,12,14). The molecule has 1 N–H and O–H groups in total. The number of halogens is 3. The van der Waals surface area contributed by atoms with Crippen LogP contribution in [-0.4, -0.2) is 14.6 Å². The first-order valence-corrected chi connectivity index (χ1v) is 4.03. The lowest BCUT2D eigenvalue weighted by Crippen LogP contribution is -2.06. The molecule has 14 heavy (non-hydrogen) atoms. The van der Waals surface area contributed by atoms with Crippen LogP contribution in [0.5, 0.6) is 0 Å². The smallest absolute Gasteiger partial charge is 0.275 e. The van der Waals surface area contributed by atoms with E-state index in [2.05, 4.69) is 10.2 Å². The molecule has 2 aromatic rings. The number of H-pyrrole nitrogens is 1. The molecule has 0 radical (unpaired) electrons. The number of nitrogens with one attached hydrogen (secondary N) is 1. The summed E-state index contributed by atoms with van der Waals surface area (Å²) in [5, 5.41) is 6.12. The van der Waals surface area contributed by atoms with Crippen LogP contribution < -0.4 is 0 Å². The molecule has 0 aromatic carbocycles. The van der Waals surface area contributed by atoms with Gasteiger partial charge in [0.15, 0.2) is 10.4 Å². The normalized spacial score (nSPS) is 12.2. The molecule has 7 heteroatoms. The molecule has 0 unspecified atom stereocenters. The molecule has 3 nitrogen and oxygen atoms in total. The SMILES string of the molecule is FC(F)(F)c1ccc2n[nH]c(=S)n2c1. The van der Waals surface area contributed by atoms with E-state index in [1.165, 1.54) is 10.5 Å². The predicted octanol–water partition coefficient (Wildman–Crippen LogP) is 2.41. The Morgan fingerprint density at radius 2 is 2.07 bits per heavy atom. The molecule has 0 fully saturated rings. The fourth-order valence-corrected chi connectivity index (χ4v) is 1.27. The minimum Gasteiger partial charge on any atom is -0.275 e. The molecule has 0 spiro atoms.